The standard InChI is InChI=1S/C24H23ClN6O4/c1-26-23(34)19-17(32)18(33)24(35-19)31-12-28-16-21(27-11-13-5-3-2-4-6-13)29-20(30-22(16)31)14-7-9-15(25)10-8-14/h2-10,12,17-19,24,32-33H,11H2,1H3,(H,26,34)(H,27,29,30)/t17-,18+,19-,24+/m0/s1. The molecule has 0 aliphatic carbocycles. The van der Waals surface area contributed by atoms with Gasteiger partial charge in [0, 0.05) is 24.2 Å². The van der Waals surface area contributed by atoms with Crippen LogP contribution >= 0.6 is 11.6 Å². The maximum atomic E-state index is 12.1. The lowest BCUT2D eigenvalue weighted by Crippen LogP contribution is -2.41. The van der Waals surface area contributed by atoms with Crippen molar-refractivity contribution < 1.29 is 19.7 Å². The summed E-state index contributed by atoms with van der Waals surface area (Å²) >= 11 is 6.05. The molecular formula is C24H23ClN6O4. The van der Waals surface area contributed by atoms with Gasteiger partial charge in [0.25, 0.3) is 5.91 Å². The molecule has 180 valence electrons. The number of benzene rings is 2. The molecule has 4 atom stereocenters. The molecule has 3 heterocycles. The molecule has 0 bridgehead atoms. The Balaban J connectivity index is 1.58. The summed E-state index contributed by atoms with van der Waals surface area (Å²) in [6.45, 7) is 0.500. The van der Waals surface area contributed by atoms with Crippen molar-refractivity contribution >= 4 is 34.5 Å². The van der Waals surface area contributed by atoms with E-state index in [4.69, 9.17) is 16.3 Å². The minimum Gasteiger partial charge on any atom is -0.387 e. The zero-order valence-corrected chi connectivity index (χ0v) is 19.4. The number of amides is 1. The molecule has 1 amide bonds. The topological polar surface area (TPSA) is 134 Å². The van der Waals surface area contributed by atoms with Crippen molar-refractivity contribution in [3.63, 3.8) is 0 Å². The average Bonchev–Trinajstić information content (AvgIpc) is 3.44. The lowest BCUT2D eigenvalue weighted by atomic mass is 10.1. The monoisotopic (exact) mass is 494 g/mol. The molecule has 4 N–H and O–H groups in total. The summed E-state index contributed by atoms with van der Waals surface area (Å²) in [5.41, 5.74) is 2.60. The number of fused-ring (bicyclic) bond motifs is 1. The predicted molar refractivity (Wildman–Crippen MR) is 130 cm³/mol. The van der Waals surface area contributed by atoms with Crippen LogP contribution in [-0.4, -0.2) is 61.0 Å². The average molecular weight is 495 g/mol. The number of ether oxygens (including phenoxy) is 1. The third-order valence-electron chi connectivity index (χ3n) is 5.84. The maximum absolute atomic E-state index is 12.1. The summed E-state index contributed by atoms with van der Waals surface area (Å²) < 4.78 is 7.24. The summed E-state index contributed by atoms with van der Waals surface area (Å²) in [5, 5.41) is 27.4. The van der Waals surface area contributed by atoms with Gasteiger partial charge in [0.15, 0.2) is 35.1 Å². The van der Waals surface area contributed by atoms with Gasteiger partial charge in [-0.25, -0.2) is 15.0 Å². The molecule has 35 heavy (non-hydrogen) atoms. The second-order valence-electron chi connectivity index (χ2n) is 8.11. The van der Waals surface area contributed by atoms with E-state index in [-0.39, 0.29) is 0 Å². The van der Waals surface area contributed by atoms with E-state index in [1.807, 2.05) is 30.3 Å². The number of nitrogens with zero attached hydrogens (tertiary/aromatic N) is 4. The number of carbonyl (C=O) groups is 1. The van der Waals surface area contributed by atoms with Crippen LogP contribution in [0.4, 0.5) is 5.82 Å². The van der Waals surface area contributed by atoms with Crippen LogP contribution in [0, 0.1) is 0 Å². The fourth-order valence-corrected chi connectivity index (χ4v) is 4.11. The Morgan fingerprint density at radius 3 is 2.54 bits per heavy atom. The quantitative estimate of drug-likeness (QED) is 0.320. The summed E-state index contributed by atoms with van der Waals surface area (Å²) in [4.78, 5) is 25.9. The van der Waals surface area contributed by atoms with Crippen LogP contribution in [0.25, 0.3) is 22.6 Å². The van der Waals surface area contributed by atoms with Gasteiger partial charge in [0.2, 0.25) is 0 Å². The Morgan fingerprint density at radius 2 is 1.83 bits per heavy atom. The van der Waals surface area contributed by atoms with Crippen LogP contribution in [0.3, 0.4) is 0 Å². The molecule has 0 radical (unpaired) electrons. The van der Waals surface area contributed by atoms with Crippen LogP contribution in [0.15, 0.2) is 60.9 Å². The van der Waals surface area contributed by atoms with Gasteiger partial charge in [-0.3, -0.25) is 9.36 Å². The Labute approximate surface area is 205 Å². The number of rotatable bonds is 6. The first kappa shape index (κ1) is 23.2. The van der Waals surface area contributed by atoms with Gasteiger partial charge in [-0.05, 0) is 29.8 Å². The molecular weight excluding hydrogens is 472 g/mol. The molecule has 1 aliphatic heterocycles. The van der Waals surface area contributed by atoms with E-state index < -0.39 is 30.4 Å². The second-order valence-corrected chi connectivity index (χ2v) is 8.55. The van der Waals surface area contributed by atoms with Gasteiger partial charge in [-0.15, -0.1) is 0 Å². The van der Waals surface area contributed by atoms with E-state index in [1.165, 1.54) is 17.9 Å². The highest BCUT2D eigenvalue weighted by atomic mass is 35.5. The van der Waals surface area contributed by atoms with Gasteiger partial charge in [0.05, 0.1) is 6.33 Å². The first-order valence-corrected chi connectivity index (χ1v) is 11.4. The Morgan fingerprint density at radius 1 is 1.09 bits per heavy atom. The predicted octanol–water partition coefficient (Wildman–Crippen LogP) is 2.12. The van der Waals surface area contributed by atoms with Gasteiger partial charge in [-0.2, -0.15) is 0 Å². The van der Waals surface area contributed by atoms with Crippen LogP contribution in [0.1, 0.15) is 11.8 Å². The molecule has 5 rings (SSSR count). The number of hydrogen-bond acceptors (Lipinski definition) is 8. The first-order valence-electron chi connectivity index (χ1n) is 11.0. The fraction of sp³-hybridized carbons (Fsp3) is 0.250. The van der Waals surface area contributed by atoms with Crippen molar-refractivity contribution in [2.24, 2.45) is 0 Å². The second kappa shape index (κ2) is 9.59. The lowest BCUT2D eigenvalue weighted by Gasteiger charge is -2.17. The van der Waals surface area contributed by atoms with Crippen LogP contribution in [-0.2, 0) is 16.1 Å². The van der Waals surface area contributed by atoms with Crippen molar-refractivity contribution in [3.8, 4) is 11.4 Å². The molecule has 10 nitrogen and oxygen atoms in total. The zero-order chi connectivity index (χ0) is 24.5. The van der Waals surface area contributed by atoms with Crippen molar-refractivity contribution in [3.05, 3.63) is 71.5 Å². The van der Waals surface area contributed by atoms with E-state index in [0.29, 0.717) is 34.4 Å². The van der Waals surface area contributed by atoms with E-state index in [1.54, 1.807) is 24.3 Å². The van der Waals surface area contributed by atoms with E-state index in [0.717, 1.165) is 11.1 Å². The molecule has 1 saturated heterocycles. The van der Waals surface area contributed by atoms with Crippen molar-refractivity contribution in [2.45, 2.75) is 31.1 Å². The van der Waals surface area contributed by atoms with Crippen LogP contribution in [0.2, 0.25) is 5.02 Å². The molecule has 11 heteroatoms. The number of anilines is 1. The number of hydrogen-bond donors (Lipinski definition) is 4. The number of aliphatic hydroxyl groups is 2. The first-order chi connectivity index (χ1) is 17.0. The summed E-state index contributed by atoms with van der Waals surface area (Å²) in [5.74, 6) is 0.353. The summed E-state index contributed by atoms with van der Waals surface area (Å²) in [6.07, 6.45) is -3.64. The van der Waals surface area contributed by atoms with E-state index in [2.05, 4.69) is 25.6 Å². The minimum atomic E-state index is -1.41. The molecule has 4 aromatic rings. The zero-order valence-electron chi connectivity index (χ0n) is 18.7. The molecule has 0 saturated carbocycles. The number of likely N-dealkylation sites (N-methyl/N-ethyl adjacent to an activating group) is 1. The third kappa shape index (κ3) is 4.44. The number of carbonyl (C=O) groups excluding carboxylic acids is 1. The van der Waals surface area contributed by atoms with E-state index in [9.17, 15) is 15.0 Å². The van der Waals surface area contributed by atoms with Crippen LogP contribution in [0.5, 0.6) is 0 Å². The molecule has 2 aromatic heterocycles. The summed E-state index contributed by atoms with van der Waals surface area (Å²) in [6, 6.07) is 16.9. The highest BCUT2D eigenvalue weighted by molar-refractivity contribution is 6.30. The van der Waals surface area contributed by atoms with Gasteiger partial charge >= 0.3 is 0 Å². The molecule has 0 spiro atoms. The highest BCUT2D eigenvalue weighted by Gasteiger charge is 2.47. The molecule has 1 aliphatic rings. The van der Waals surface area contributed by atoms with E-state index >= 15 is 0 Å². The van der Waals surface area contributed by atoms with Gasteiger partial charge < -0.3 is 25.6 Å². The minimum absolute atomic E-state index is 0.370. The highest BCUT2D eigenvalue weighted by Crippen LogP contribution is 2.33. The van der Waals surface area contributed by atoms with Gasteiger partial charge in [-0.1, -0.05) is 41.9 Å². The maximum Gasteiger partial charge on any atom is 0.251 e. The smallest absolute Gasteiger partial charge is 0.251 e. The lowest BCUT2D eigenvalue weighted by molar-refractivity contribution is -0.137. The number of halogens is 1. The van der Waals surface area contributed by atoms with Crippen molar-refractivity contribution in [2.75, 3.05) is 12.4 Å². The Kier molecular flexibility index (Phi) is 6.35. The molecule has 0 unspecified atom stereocenters. The Hall–Kier alpha value is -3.57. The largest absolute Gasteiger partial charge is 0.387 e. The third-order valence-corrected chi connectivity index (χ3v) is 6.10. The Bertz CT molecular complexity index is 1350. The number of aliphatic hydroxyl groups excluding tert-OH is 2. The normalized spacial score (nSPS) is 21.8. The summed E-state index contributed by atoms with van der Waals surface area (Å²) in [7, 11) is 1.43. The van der Waals surface area contributed by atoms with Crippen molar-refractivity contribution in [1.82, 2.24) is 24.8 Å². The van der Waals surface area contributed by atoms with Crippen molar-refractivity contribution in [1.29, 1.82) is 0 Å². The van der Waals surface area contributed by atoms with Gasteiger partial charge in [0.1, 0.15) is 12.2 Å². The number of imidazole rings is 1. The number of aromatic nitrogens is 4. The molecule has 1 fully saturated rings. The molecule has 2 aromatic carbocycles. The number of nitrogens with one attached hydrogen (secondary N) is 2. The fourth-order valence-electron chi connectivity index (χ4n) is 3.98. The van der Waals surface area contributed by atoms with Crippen LogP contribution < -0.4 is 10.6 Å². The SMILES string of the molecule is CNC(=O)[C@H]1O[C@@H](n2cnc3c(NCc4ccccc4)nc(-c4ccc(Cl)cc4)nc32)[C@H](O)[C@@H]1O.